The predicted octanol–water partition coefficient (Wildman–Crippen LogP) is 1.34. The molecule has 1 aliphatic rings. The molecule has 0 bridgehead atoms. The quantitative estimate of drug-likeness (QED) is 0.498. The molecule has 0 aromatic heterocycles. The summed E-state index contributed by atoms with van der Waals surface area (Å²) in [5, 5.41) is 21.9. The number of hydrogen-bond acceptors (Lipinski definition) is 5. The van der Waals surface area contributed by atoms with Gasteiger partial charge in [0.1, 0.15) is 6.10 Å². The summed E-state index contributed by atoms with van der Waals surface area (Å²) in [6, 6.07) is -0.276. The average molecular weight is 330 g/mol. The van der Waals surface area contributed by atoms with E-state index in [1.165, 1.54) is 6.92 Å². The minimum Gasteiger partial charge on any atom is -0.450 e. The van der Waals surface area contributed by atoms with Gasteiger partial charge in [0, 0.05) is 31.8 Å². The number of hydrogen-bond donors (Lipinski definition) is 4. The highest BCUT2D eigenvalue weighted by Crippen LogP contribution is 2.36. The third-order valence-electron chi connectivity index (χ3n) is 4.84. The number of carboxylic acid groups (broad SMARTS) is 1. The lowest BCUT2D eigenvalue weighted by atomic mass is 9.80. The van der Waals surface area contributed by atoms with E-state index >= 15 is 0 Å². The van der Waals surface area contributed by atoms with Crippen LogP contribution in [-0.2, 0) is 9.53 Å². The molecule has 0 aliphatic heterocycles. The van der Waals surface area contributed by atoms with Crippen LogP contribution < -0.4 is 11.1 Å². The summed E-state index contributed by atoms with van der Waals surface area (Å²) in [5.74, 6) is 0.328. The number of carbonyl (C=O) groups excluding carboxylic acids is 1. The van der Waals surface area contributed by atoms with Gasteiger partial charge in [-0.3, -0.25) is 4.79 Å². The number of amides is 1. The SMILES string of the molecule is CCCC(C[C@H]1[C@H](O)[C@@H](OC(=O)O)C[C@H]1N)C(C)CNC(C)=O. The first-order valence-electron chi connectivity index (χ1n) is 8.33. The molecule has 0 aromatic carbocycles. The molecule has 1 fully saturated rings. The lowest BCUT2D eigenvalue weighted by Gasteiger charge is -2.29. The predicted molar refractivity (Wildman–Crippen MR) is 85.8 cm³/mol. The van der Waals surface area contributed by atoms with Crippen molar-refractivity contribution in [3.8, 4) is 0 Å². The van der Waals surface area contributed by atoms with Gasteiger partial charge in [-0.05, 0) is 18.3 Å². The van der Waals surface area contributed by atoms with Crippen molar-refractivity contribution in [1.82, 2.24) is 5.32 Å². The van der Waals surface area contributed by atoms with Crippen molar-refractivity contribution in [2.75, 3.05) is 6.54 Å². The van der Waals surface area contributed by atoms with Crippen LogP contribution in [0.1, 0.15) is 46.5 Å². The van der Waals surface area contributed by atoms with E-state index in [0.29, 0.717) is 25.3 Å². The average Bonchev–Trinajstić information content (AvgIpc) is 2.70. The molecule has 7 heteroatoms. The number of nitrogens with two attached hydrogens (primary N) is 1. The first-order chi connectivity index (χ1) is 10.8. The van der Waals surface area contributed by atoms with Crippen LogP contribution in [-0.4, -0.2) is 47.1 Å². The molecule has 134 valence electrons. The molecule has 7 nitrogen and oxygen atoms in total. The molecule has 1 saturated carbocycles. The van der Waals surface area contributed by atoms with Crippen molar-refractivity contribution < 1.29 is 24.5 Å². The Morgan fingerprint density at radius 1 is 1.43 bits per heavy atom. The minimum atomic E-state index is -1.38. The lowest BCUT2D eigenvalue weighted by molar-refractivity contribution is -0.119. The van der Waals surface area contributed by atoms with Crippen molar-refractivity contribution in [2.45, 2.75) is 64.7 Å². The molecule has 1 rings (SSSR count). The molecule has 1 aliphatic carbocycles. The van der Waals surface area contributed by atoms with Gasteiger partial charge in [-0.15, -0.1) is 0 Å². The number of rotatable bonds is 8. The Hall–Kier alpha value is -1.34. The molecule has 0 heterocycles. The topological polar surface area (TPSA) is 122 Å². The molecule has 6 atom stereocenters. The van der Waals surface area contributed by atoms with Gasteiger partial charge in [0.15, 0.2) is 0 Å². The van der Waals surface area contributed by atoms with Crippen molar-refractivity contribution in [2.24, 2.45) is 23.5 Å². The summed E-state index contributed by atoms with van der Waals surface area (Å²) in [6.45, 7) is 6.26. The van der Waals surface area contributed by atoms with E-state index in [9.17, 15) is 14.7 Å². The Balaban J connectivity index is 2.67. The lowest BCUT2D eigenvalue weighted by Crippen LogP contribution is -2.37. The summed E-state index contributed by atoms with van der Waals surface area (Å²) >= 11 is 0. The highest BCUT2D eigenvalue weighted by molar-refractivity contribution is 5.72. The van der Waals surface area contributed by atoms with E-state index in [2.05, 4.69) is 19.2 Å². The Bertz CT molecular complexity index is 404. The van der Waals surface area contributed by atoms with E-state index in [-0.39, 0.29) is 23.8 Å². The zero-order chi connectivity index (χ0) is 17.6. The monoisotopic (exact) mass is 330 g/mol. The molecule has 5 N–H and O–H groups in total. The fourth-order valence-electron chi connectivity index (χ4n) is 3.50. The first-order valence-corrected chi connectivity index (χ1v) is 8.33. The summed E-state index contributed by atoms with van der Waals surface area (Å²) in [6.07, 6.45) is 0.0245. The van der Waals surface area contributed by atoms with E-state index < -0.39 is 18.4 Å². The van der Waals surface area contributed by atoms with E-state index in [1.54, 1.807) is 0 Å². The highest BCUT2D eigenvalue weighted by atomic mass is 16.7. The van der Waals surface area contributed by atoms with Crippen LogP contribution in [0.2, 0.25) is 0 Å². The van der Waals surface area contributed by atoms with Crippen LogP contribution >= 0.6 is 0 Å². The normalized spacial score (nSPS) is 29.8. The summed E-state index contributed by atoms with van der Waals surface area (Å²) < 4.78 is 4.73. The molecule has 0 aromatic rings. The number of aliphatic hydroxyl groups is 1. The van der Waals surface area contributed by atoms with Gasteiger partial charge in [-0.1, -0.05) is 26.7 Å². The van der Waals surface area contributed by atoms with Crippen LogP contribution in [0.25, 0.3) is 0 Å². The summed E-state index contributed by atoms with van der Waals surface area (Å²) in [4.78, 5) is 21.8. The zero-order valence-corrected chi connectivity index (χ0v) is 14.2. The third-order valence-corrected chi connectivity index (χ3v) is 4.84. The fraction of sp³-hybridized carbons (Fsp3) is 0.875. The molecule has 2 unspecified atom stereocenters. The van der Waals surface area contributed by atoms with Crippen molar-refractivity contribution in [3.05, 3.63) is 0 Å². The maximum atomic E-state index is 11.1. The fourth-order valence-corrected chi connectivity index (χ4v) is 3.50. The van der Waals surface area contributed by atoms with Crippen LogP contribution in [0, 0.1) is 17.8 Å². The number of carbonyl (C=O) groups is 2. The first kappa shape index (κ1) is 19.7. The molecular weight excluding hydrogens is 300 g/mol. The van der Waals surface area contributed by atoms with Gasteiger partial charge in [0.05, 0.1) is 6.10 Å². The van der Waals surface area contributed by atoms with Gasteiger partial charge >= 0.3 is 6.16 Å². The van der Waals surface area contributed by atoms with E-state index in [1.807, 2.05) is 0 Å². The zero-order valence-electron chi connectivity index (χ0n) is 14.2. The molecule has 23 heavy (non-hydrogen) atoms. The Kier molecular flexibility index (Phi) is 7.78. The summed E-state index contributed by atoms with van der Waals surface area (Å²) in [7, 11) is 0. The number of ether oxygens (including phenoxy) is 1. The van der Waals surface area contributed by atoms with Crippen LogP contribution in [0.3, 0.4) is 0 Å². The van der Waals surface area contributed by atoms with Gasteiger partial charge in [-0.2, -0.15) is 0 Å². The Morgan fingerprint density at radius 3 is 2.61 bits per heavy atom. The summed E-state index contributed by atoms with van der Waals surface area (Å²) in [5.41, 5.74) is 6.10. The standard InChI is InChI=1S/C16H30N2O5/c1-4-5-11(9(2)8-18-10(3)19)6-12-13(17)7-14(15(12)20)23-16(21)22/h9,11-15,20H,4-8,17H2,1-3H3,(H,18,19)(H,21,22)/t9?,11?,12-,13-,14+,15+/m1/s1. The minimum absolute atomic E-state index is 0.0559. The smallest absolute Gasteiger partial charge is 0.450 e. The second-order valence-electron chi connectivity index (χ2n) is 6.68. The largest absolute Gasteiger partial charge is 0.506 e. The van der Waals surface area contributed by atoms with E-state index in [4.69, 9.17) is 15.6 Å². The van der Waals surface area contributed by atoms with Crippen LogP contribution in [0.15, 0.2) is 0 Å². The maximum absolute atomic E-state index is 11.1. The Morgan fingerprint density at radius 2 is 2.09 bits per heavy atom. The van der Waals surface area contributed by atoms with Crippen LogP contribution in [0.5, 0.6) is 0 Å². The van der Waals surface area contributed by atoms with Gasteiger partial charge in [0.2, 0.25) is 5.91 Å². The van der Waals surface area contributed by atoms with E-state index in [0.717, 1.165) is 12.8 Å². The third kappa shape index (κ3) is 5.99. The number of nitrogens with one attached hydrogen (secondary N) is 1. The highest BCUT2D eigenvalue weighted by Gasteiger charge is 2.44. The molecule has 1 amide bonds. The second kappa shape index (κ2) is 9.08. The van der Waals surface area contributed by atoms with Gasteiger partial charge < -0.3 is 26.0 Å². The molecule has 0 saturated heterocycles. The molecular formula is C16H30N2O5. The molecule has 0 spiro atoms. The van der Waals surface area contributed by atoms with Crippen molar-refractivity contribution >= 4 is 12.1 Å². The van der Waals surface area contributed by atoms with Crippen molar-refractivity contribution in [3.63, 3.8) is 0 Å². The van der Waals surface area contributed by atoms with Crippen LogP contribution in [0.4, 0.5) is 4.79 Å². The second-order valence-corrected chi connectivity index (χ2v) is 6.68. The maximum Gasteiger partial charge on any atom is 0.506 e. The Labute approximate surface area is 137 Å². The van der Waals surface area contributed by atoms with Crippen molar-refractivity contribution in [1.29, 1.82) is 0 Å². The number of aliphatic hydroxyl groups excluding tert-OH is 1. The van der Waals surface area contributed by atoms with Gasteiger partial charge in [-0.25, -0.2) is 4.79 Å². The van der Waals surface area contributed by atoms with Gasteiger partial charge in [0.25, 0.3) is 0 Å². The molecule has 0 radical (unpaired) electrons.